The lowest BCUT2D eigenvalue weighted by atomic mass is 10.2. The van der Waals surface area contributed by atoms with Crippen molar-refractivity contribution in [1.82, 2.24) is 10.2 Å². The second-order valence-corrected chi connectivity index (χ2v) is 9.71. The molecule has 1 aliphatic rings. The van der Waals surface area contributed by atoms with Crippen molar-refractivity contribution in [3.8, 4) is 0 Å². The fourth-order valence-electron chi connectivity index (χ4n) is 3.46. The quantitative estimate of drug-likeness (QED) is 0.576. The van der Waals surface area contributed by atoms with Crippen LogP contribution in [-0.2, 0) is 19.6 Å². The highest BCUT2D eigenvalue weighted by Gasteiger charge is 2.28. The lowest BCUT2D eigenvalue weighted by Gasteiger charge is -2.27. The first-order valence-corrected chi connectivity index (χ1v) is 12.1. The van der Waals surface area contributed by atoms with Crippen LogP contribution in [0.1, 0.15) is 12.0 Å². The molecule has 1 heterocycles. The van der Waals surface area contributed by atoms with Crippen molar-refractivity contribution in [2.75, 3.05) is 50.2 Å². The van der Waals surface area contributed by atoms with E-state index in [1.165, 1.54) is 12.1 Å². The molecule has 2 aromatic rings. The van der Waals surface area contributed by atoms with Gasteiger partial charge in [0.25, 0.3) is 10.0 Å². The standard InChI is InChI=1S/C22H28ClN3O4S/c1-18-16-19(23)8-9-21(18)26(31(28,29)20-6-3-2-4-7-20)17-22(27)24-10-5-11-25-12-14-30-15-13-25/h2-4,6-9,16H,5,10-15,17H2,1H3,(H,24,27). The van der Waals surface area contributed by atoms with Crippen LogP contribution in [0.5, 0.6) is 0 Å². The van der Waals surface area contributed by atoms with E-state index in [0.717, 1.165) is 43.6 Å². The Morgan fingerprint density at radius 3 is 2.55 bits per heavy atom. The molecule has 0 aromatic heterocycles. The second-order valence-electron chi connectivity index (χ2n) is 7.41. The van der Waals surface area contributed by atoms with Crippen LogP contribution >= 0.6 is 11.6 Å². The summed E-state index contributed by atoms with van der Waals surface area (Å²) in [5.41, 5.74) is 1.10. The molecule has 0 bridgehead atoms. The van der Waals surface area contributed by atoms with Gasteiger partial charge in [0.2, 0.25) is 5.91 Å². The fraction of sp³-hybridized carbons (Fsp3) is 0.409. The lowest BCUT2D eigenvalue weighted by molar-refractivity contribution is -0.119. The van der Waals surface area contributed by atoms with Crippen LogP contribution in [0, 0.1) is 6.92 Å². The Morgan fingerprint density at radius 2 is 1.87 bits per heavy atom. The van der Waals surface area contributed by atoms with Crippen LogP contribution in [0.3, 0.4) is 0 Å². The first-order valence-electron chi connectivity index (χ1n) is 10.3. The number of nitrogens with one attached hydrogen (secondary N) is 1. The molecule has 0 atom stereocenters. The van der Waals surface area contributed by atoms with Crippen molar-refractivity contribution >= 4 is 33.2 Å². The van der Waals surface area contributed by atoms with Gasteiger partial charge in [0.15, 0.2) is 0 Å². The van der Waals surface area contributed by atoms with Gasteiger partial charge in [-0.2, -0.15) is 0 Å². The van der Waals surface area contributed by atoms with Gasteiger partial charge in [-0.1, -0.05) is 29.8 Å². The van der Waals surface area contributed by atoms with Gasteiger partial charge in [0.05, 0.1) is 23.8 Å². The number of halogens is 1. The van der Waals surface area contributed by atoms with Gasteiger partial charge in [0.1, 0.15) is 6.54 Å². The van der Waals surface area contributed by atoms with Crippen LogP contribution in [0.4, 0.5) is 5.69 Å². The van der Waals surface area contributed by atoms with Crippen LogP contribution in [0.2, 0.25) is 5.02 Å². The number of hydrogen-bond acceptors (Lipinski definition) is 5. The zero-order valence-corrected chi connectivity index (χ0v) is 19.2. The molecule has 3 rings (SSSR count). The number of morpholine rings is 1. The second kappa shape index (κ2) is 10.9. The first-order chi connectivity index (χ1) is 14.9. The molecule has 7 nitrogen and oxygen atoms in total. The number of sulfonamides is 1. The van der Waals surface area contributed by atoms with E-state index < -0.39 is 10.0 Å². The van der Waals surface area contributed by atoms with Crippen LogP contribution in [0.25, 0.3) is 0 Å². The molecule has 9 heteroatoms. The van der Waals surface area contributed by atoms with Gasteiger partial charge in [0, 0.05) is 24.7 Å². The maximum atomic E-state index is 13.3. The average Bonchev–Trinajstić information content (AvgIpc) is 2.77. The number of amides is 1. The minimum absolute atomic E-state index is 0.129. The van der Waals surface area contributed by atoms with Gasteiger partial charge in [-0.15, -0.1) is 0 Å². The zero-order chi connectivity index (χ0) is 22.3. The summed E-state index contributed by atoms with van der Waals surface area (Å²) in [7, 11) is -3.92. The Hall–Kier alpha value is -2.13. The zero-order valence-electron chi connectivity index (χ0n) is 17.6. The largest absolute Gasteiger partial charge is 0.379 e. The number of carbonyl (C=O) groups excluding carboxylic acids is 1. The van der Waals surface area contributed by atoms with Gasteiger partial charge in [-0.25, -0.2) is 8.42 Å². The molecule has 1 amide bonds. The van der Waals surface area contributed by atoms with Crippen LogP contribution in [0.15, 0.2) is 53.4 Å². The third-order valence-electron chi connectivity index (χ3n) is 5.12. The number of rotatable bonds is 9. The smallest absolute Gasteiger partial charge is 0.264 e. The number of hydrogen-bond donors (Lipinski definition) is 1. The van der Waals surface area contributed by atoms with E-state index in [1.54, 1.807) is 43.3 Å². The predicted octanol–water partition coefficient (Wildman–Crippen LogP) is 2.68. The Bertz CT molecular complexity index is 980. The van der Waals surface area contributed by atoms with Gasteiger partial charge in [-0.3, -0.25) is 14.0 Å². The Labute approximate surface area is 189 Å². The number of benzene rings is 2. The van der Waals surface area contributed by atoms with E-state index >= 15 is 0 Å². The summed E-state index contributed by atoms with van der Waals surface area (Å²) in [5, 5.41) is 3.35. The summed E-state index contributed by atoms with van der Waals surface area (Å²) >= 11 is 6.05. The van der Waals surface area contributed by atoms with Crippen molar-refractivity contribution in [3.05, 3.63) is 59.1 Å². The number of aryl methyl sites for hydroxylation is 1. The molecular weight excluding hydrogens is 438 g/mol. The van der Waals surface area contributed by atoms with Crippen molar-refractivity contribution in [2.24, 2.45) is 0 Å². The van der Waals surface area contributed by atoms with E-state index in [1.807, 2.05) is 0 Å². The molecule has 1 saturated heterocycles. The van der Waals surface area contributed by atoms with Crippen molar-refractivity contribution in [2.45, 2.75) is 18.2 Å². The van der Waals surface area contributed by atoms with Crippen LogP contribution in [-0.4, -0.2) is 65.2 Å². The highest BCUT2D eigenvalue weighted by atomic mass is 35.5. The number of carbonyl (C=O) groups is 1. The highest BCUT2D eigenvalue weighted by Crippen LogP contribution is 2.28. The van der Waals surface area contributed by atoms with Crippen molar-refractivity contribution in [1.29, 1.82) is 0 Å². The molecule has 31 heavy (non-hydrogen) atoms. The molecular formula is C22H28ClN3O4S. The predicted molar refractivity (Wildman–Crippen MR) is 122 cm³/mol. The Balaban J connectivity index is 1.70. The SMILES string of the molecule is Cc1cc(Cl)ccc1N(CC(=O)NCCCN1CCOCC1)S(=O)(=O)c1ccccc1. The molecule has 1 fully saturated rings. The number of ether oxygens (including phenoxy) is 1. The van der Waals surface area contributed by atoms with E-state index in [0.29, 0.717) is 22.8 Å². The third-order valence-corrected chi connectivity index (χ3v) is 7.13. The summed E-state index contributed by atoms with van der Waals surface area (Å²) in [5.74, 6) is -0.351. The Kier molecular flexibility index (Phi) is 8.31. The summed E-state index contributed by atoms with van der Waals surface area (Å²) in [4.78, 5) is 15.1. The molecule has 168 valence electrons. The van der Waals surface area contributed by atoms with Gasteiger partial charge >= 0.3 is 0 Å². The Morgan fingerprint density at radius 1 is 1.16 bits per heavy atom. The van der Waals surface area contributed by atoms with E-state index in [-0.39, 0.29) is 17.3 Å². The molecule has 1 N–H and O–H groups in total. The van der Waals surface area contributed by atoms with E-state index in [2.05, 4.69) is 10.2 Å². The van der Waals surface area contributed by atoms with E-state index in [9.17, 15) is 13.2 Å². The van der Waals surface area contributed by atoms with Gasteiger partial charge < -0.3 is 10.1 Å². The summed E-state index contributed by atoms with van der Waals surface area (Å²) < 4.78 is 33.2. The summed E-state index contributed by atoms with van der Waals surface area (Å²) in [6.07, 6.45) is 0.789. The molecule has 2 aromatic carbocycles. The van der Waals surface area contributed by atoms with Crippen molar-refractivity contribution < 1.29 is 17.9 Å². The average molecular weight is 466 g/mol. The van der Waals surface area contributed by atoms with Crippen molar-refractivity contribution in [3.63, 3.8) is 0 Å². The van der Waals surface area contributed by atoms with E-state index in [4.69, 9.17) is 16.3 Å². The highest BCUT2D eigenvalue weighted by molar-refractivity contribution is 7.92. The first kappa shape index (κ1) is 23.5. The molecule has 0 spiro atoms. The monoisotopic (exact) mass is 465 g/mol. The number of anilines is 1. The molecule has 0 unspecified atom stereocenters. The summed E-state index contributed by atoms with van der Waals surface area (Å²) in [6.45, 7) is 6.07. The molecule has 0 aliphatic carbocycles. The maximum absolute atomic E-state index is 13.3. The van der Waals surface area contributed by atoms with Gasteiger partial charge in [-0.05, 0) is 55.8 Å². The minimum Gasteiger partial charge on any atom is -0.379 e. The maximum Gasteiger partial charge on any atom is 0.264 e. The summed E-state index contributed by atoms with van der Waals surface area (Å²) in [6, 6.07) is 13.0. The number of nitrogens with zero attached hydrogens (tertiary/aromatic N) is 2. The minimum atomic E-state index is -3.92. The topological polar surface area (TPSA) is 79.0 Å². The third kappa shape index (κ3) is 6.43. The normalized spacial score (nSPS) is 14.9. The lowest BCUT2D eigenvalue weighted by Crippen LogP contribution is -2.42. The van der Waals surface area contributed by atoms with Crippen LogP contribution < -0.4 is 9.62 Å². The molecule has 1 aliphatic heterocycles. The fourth-order valence-corrected chi connectivity index (χ4v) is 5.19. The molecule has 0 saturated carbocycles. The molecule has 0 radical (unpaired) electrons.